The van der Waals surface area contributed by atoms with Gasteiger partial charge in [-0.25, -0.2) is 13.2 Å². The number of carbonyl (C=O) groups excluding carboxylic acids is 1. The van der Waals surface area contributed by atoms with E-state index in [4.69, 9.17) is 9.72 Å². The van der Waals surface area contributed by atoms with Crippen LogP contribution < -0.4 is 0 Å². The predicted octanol–water partition coefficient (Wildman–Crippen LogP) is 5.15. The number of benzene rings is 1. The van der Waals surface area contributed by atoms with Crippen LogP contribution >= 0.6 is 0 Å². The van der Waals surface area contributed by atoms with Crippen molar-refractivity contribution in [1.82, 2.24) is 14.5 Å². The van der Waals surface area contributed by atoms with Crippen LogP contribution in [0.25, 0.3) is 16.5 Å². The number of aromatic nitrogens is 2. The maximum Gasteiger partial charge on any atom is 0.410 e. The first kappa shape index (κ1) is 25.0. The van der Waals surface area contributed by atoms with Gasteiger partial charge in [-0.1, -0.05) is 19.1 Å². The Balaban J connectivity index is 1.49. The van der Waals surface area contributed by atoms with Gasteiger partial charge in [0.2, 0.25) is 0 Å². The summed E-state index contributed by atoms with van der Waals surface area (Å²) in [6.07, 6.45) is 7.82. The molecular formula is C27H33N3O4S. The topological polar surface area (TPSA) is 81.5 Å². The zero-order chi connectivity index (χ0) is 25.4. The largest absolute Gasteiger partial charge is 0.444 e. The lowest BCUT2D eigenvalue weighted by molar-refractivity contribution is 0.0247. The molecule has 1 amide bonds. The van der Waals surface area contributed by atoms with Gasteiger partial charge in [0.05, 0.1) is 17.1 Å². The van der Waals surface area contributed by atoms with E-state index in [1.165, 1.54) is 11.8 Å². The number of amides is 1. The van der Waals surface area contributed by atoms with Crippen molar-refractivity contribution in [1.29, 1.82) is 0 Å². The third-order valence-corrected chi connectivity index (χ3v) is 7.33. The molecule has 2 aromatic heterocycles. The van der Waals surface area contributed by atoms with Crippen LogP contribution in [-0.2, 0) is 21.1 Å². The molecule has 4 rings (SSSR count). The molecule has 0 spiro atoms. The fourth-order valence-electron chi connectivity index (χ4n) is 4.40. The lowest BCUT2D eigenvalue weighted by atomic mass is 9.88. The highest BCUT2D eigenvalue weighted by atomic mass is 32.2. The van der Waals surface area contributed by atoms with E-state index in [1.54, 1.807) is 17.0 Å². The van der Waals surface area contributed by atoms with Gasteiger partial charge < -0.3 is 14.2 Å². The highest BCUT2D eigenvalue weighted by molar-refractivity contribution is 7.90. The Morgan fingerprint density at radius 1 is 1.17 bits per heavy atom. The van der Waals surface area contributed by atoms with Crippen molar-refractivity contribution >= 4 is 32.4 Å². The van der Waals surface area contributed by atoms with Crippen molar-refractivity contribution in [2.24, 2.45) is 5.92 Å². The van der Waals surface area contributed by atoms with Crippen molar-refractivity contribution in [3.8, 4) is 0 Å². The molecule has 7 nitrogen and oxygen atoms in total. The SMILES string of the molecule is CCC1CN(C(=O)OC(C)(C)C)CC=C1c1ccc(Cn2ccc3cc(S(C)(=O)=O)ccc32)nc1. The van der Waals surface area contributed by atoms with Crippen molar-refractivity contribution in [3.05, 3.63) is 66.1 Å². The van der Waals surface area contributed by atoms with Gasteiger partial charge >= 0.3 is 6.09 Å². The molecule has 0 radical (unpaired) electrons. The van der Waals surface area contributed by atoms with Gasteiger partial charge in [0.1, 0.15) is 5.60 Å². The Labute approximate surface area is 207 Å². The van der Waals surface area contributed by atoms with Crippen molar-refractivity contribution < 1.29 is 17.9 Å². The lowest BCUT2D eigenvalue weighted by Crippen LogP contribution is -2.42. The first-order valence-corrected chi connectivity index (χ1v) is 13.8. The fraction of sp³-hybridized carbons (Fsp3) is 0.407. The molecule has 8 heteroatoms. The summed E-state index contributed by atoms with van der Waals surface area (Å²) in [6.45, 7) is 9.51. The maximum atomic E-state index is 12.5. The van der Waals surface area contributed by atoms with Crippen molar-refractivity contribution in [2.45, 2.75) is 51.2 Å². The molecule has 1 aliphatic heterocycles. The van der Waals surface area contributed by atoms with Crippen molar-refractivity contribution in [3.63, 3.8) is 0 Å². The molecule has 1 aliphatic rings. The number of hydrogen-bond donors (Lipinski definition) is 0. The van der Waals surface area contributed by atoms with Crippen LogP contribution in [0.2, 0.25) is 0 Å². The number of fused-ring (bicyclic) bond motifs is 1. The molecule has 0 aliphatic carbocycles. The van der Waals surface area contributed by atoms with E-state index in [-0.39, 0.29) is 12.0 Å². The fourth-order valence-corrected chi connectivity index (χ4v) is 5.06. The second-order valence-electron chi connectivity index (χ2n) is 10.1. The molecule has 1 unspecified atom stereocenters. The summed E-state index contributed by atoms with van der Waals surface area (Å²) in [7, 11) is -3.24. The van der Waals surface area contributed by atoms with Gasteiger partial charge in [-0.3, -0.25) is 4.98 Å². The zero-order valence-corrected chi connectivity index (χ0v) is 21.8. The summed E-state index contributed by atoms with van der Waals surface area (Å²) < 4.78 is 31.3. The summed E-state index contributed by atoms with van der Waals surface area (Å²) in [5.74, 6) is 0.223. The lowest BCUT2D eigenvalue weighted by Gasteiger charge is -2.34. The third kappa shape index (κ3) is 5.75. The van der Waals surface area contributed by atoms with Crippen LogP contribution in [0.3, 0.4) is 0 Å². The standard InChI is InChI=1S/C27H33N3O4S/c1-6-19-17-30(26(31)34-27(2,3)4)14-12-24(19)21-7-8-22(28-16-21)18-29-13-11-20-15-23(35(5,32)33)9-10-25(20)29/h7-13,15-16,19H,6,14,17-18H2,1-5H3. The number of carbonyl (C=O) groups is 1. The minimum atomic E-state index is -3.24. The quantitative estimate of drug-likeness (QED) is 0.489. The highest BCUT2D eigenvalue weighted by Crippen LogP contribution is 2.31. The summed E-state index contributed by atoms with van der Waals surface area (Å²) in [4.78, 5) is 19.3. The van der Waals surface area contributed by atoms with Crippen LogP contribution in [0.4, 0.5) is 4.79 Å². The molecule has 3 heterocycles. The van der Waals surface area contributed by atoms with Gasteiger partial charge in [-0.2, -0.15) is 0 Å². The number of hydrogen-bond acceptors (Lipinski definition) is 5. The van der Waals surface area contributed by atoms with E-state index in [9.17, 15) is 13.2 Å². The molecule has 186 valence electrons. The van der Waals surface area contributed by atoms with Gasteiger partial charge in [-0.05, 0) is 68.7 Å². The number of nitrogens with zero attached hydrogens (tertiary/aromatic N) is 3. The molecule has 0 fully saturated rings. The van der Waals surface area contributed by atoms with Crippen LogP contribution in [0.15, 0.2) is 59.8 Å². The Morgan fingerprint density at radius 2 is 1.94 bits per heavy atom. The second kappa shape index (κ2) is 9.49. The molecule has 0 saturated carbocycles. The monoisotopic (exact) mass is 495 g/mol. The number of rotatable bonds is 5. The molecule has 0 bridgehead atoms. The second-order valence-corrected chi connectivity index (χ2v) is 12.1. The highest BCUT2D eigenvalue weighted by Gasteiger charge is 2.28. The average Bonchev–Trinajstić information content (AvgIpc) is 3.19. The van der Waals surface area contributed by atoms with E-state index in [0.29, 0.717) is 24.5 Å². The van der Waals surface area contributed by atoms with Crippen LogP contribution in [0, 0.1) is 5.92 Å². The average molecular weight is 496 g/mol. The minimum absolute atomic E-state index is 0.223. The van der Waals surface area contributed by atoms with Crippen molar-refractivity contribution in [2.75, 3.05) is 19.3 Å². The van der Waals surface area contributed by atoms with Gasteiger partial charge in [0.15, 0.2) is 9.84 Å². The number of ether oxygens (including phenoxy) is 1. The molecule has 0 N–H and O–H groups in total. The normalized spacial score (nSPS) is 16.9. The number of pyridine rings is 1. The molecular weight excluding hydrogens is 462 g/mol. The third-order valence-electron chi connectivity index (χ3n) is 6.22. The summed E-state index contributed by atoms with van der Waals surface area (Å²) in [5.41, 5.74) is 3.65. The Morgan fingerprint density at radius 3 is 2.57 bits per heavy atom. The van der Waals surface area contributed by atoms with Gasteiger partial charge in [0.25, 0.3) is 0 Å². The van der Waals surface area contributed by atoms with Crippen LogP contribution in [-0.4, -0.2) is 53.9 Å². The Hall–Kier alpha value is -3.13. The van der Waals surface area contributed by atoms with E-state index in [0.717, 1.165) is 28.6 Å². The minimum Gasteiger partial charge on any atom is -0.444 e. The molecule has 1 atom stereocenters. The summed E-state index contributed by atoms with van der Waals surface area (Å²) in [6, 6.07) is 11.2. The Kier molecular flexibility index (Phi) is 6.77. The van der Waals surface area contributed by atoms with E-state index >= 15 is 0 Å². The van der Waals surface area contributed by atoms with Crippen LogP contribution in [0.5, 0.6) is 0 Å². The molecule has 0 saturated heterocycles. The Bertz CT molecular complexity index is 1370. The predicted molar refractivity (Wildman–Crippen MR) is 138 cm³/mol. The zero-order valence-electron chi connectivity index (χ0n) is 21.0. The smallest absolute Gasteiger partial charge is 0.410 e. The maximum absolute atomic E-state index is 12.5. The van der Waals surface area contributed by atoms with E-state index in [1.807, 2.05) is 51.4 Å². The van der Waals surface area contributed by atoms with E-state index < -0.39 is 15.4 Å². The first-order valence-electron chi connectivity index (χ1n) is 11.9. The van der Waals surface area contributed by atoms with Crippen LogP contribution in [0.1, 0.15) is 45.4 Å². The summed E-state index contributed by atoms with van der Waals surface area (Å²) >= 11 is 0. The van der Waals surface area contributed by atoms with E-state index in [2.05, 4.69) is 23.6 Å². The number of sulfone groups is 1. The molecule has 3 aromatic rings. The molecule has 1 aromatic carbocycles. The molecule has 35 heavy (non-hydrogen) atoms. The van der Waals surface area contributed by atoms with Gasteiger partial charge in [0, 0.05) is 48.6 Å². The first-order chi connectivity index (χ1) is 16.4. The summed E-state index contributed by atoms with van der Waals surface area (Å²) in [5, 5.41) is 0.886. The van der Waals surface area contributed by atoms with Gasteiger partial charge in [-0.15, -0.1) is 0 Å².